The van der Waals surface area contributed by atoms with Crippen LogP contribution in [0, 0.1) is 0 Å². The molecular formula is C21H23N7O3. The maximum absolute atomic E-state index is 12.6. The minimum atomic E-state index is -0.247. The lowest BCUT2D eigenvalue weighted by molar-refractivity contribution is -0.114. The Labute approximate surface area is 178 Å². The molecule has 0 unspecified atom stereocenters. The molecule has 1 atom stereocenters. The van der Waals surface area contributed by atoms with E-state index in [0.717, 1.165) is 5.56 Å². The first-order valence-corrected chi connectivity index (χ1v) is 9.86. The molecule has 4 rings (SSSR count). The summed E-state index contributed by atoms with van der Waals surface area (Å²) in [4.78, 5) is 38.8. The maximum Gasteiger partial charge on any atom is 0.255 e. The number of rotatable bonds is 5. The average molecular weight is 421 g/mol. The average Bonchev–Trinajstić information content (AvgIpc) is 2.82. The Hall–Kier alpha value is -3.63. The molecule has 3 aromatic rings. The Morgan fingerprint density at radius 3 is 2.77 bits per heavy atom. The van der Waals surface area contributed by atoms with Crippen molar-refractivity contribution in [3.8, 4) is 11.4 Å². The van der Waals surface area contributed by atoms with Gasteiger partial charge in [0, 0.05) is 31.5 Å². The van der Waals surface area contributed by atoms with Crippen molar-refractivity contribution in [2.24, 2.45) is 12.8 Å². The standard InChI is InChI=1S/C21H23N7O3/c1-27-20(30)10-17(16-6-7-23-13-24-16)26-21(27)28-8-9-31-18(12-28)14-2-4-15(5-3-14)25-19(29)11-22/h2-7,10,13,18H,8-9,11-12,22H2,1H3,(H,25,29)/t18-/m1/s1. The molecule has 10 heteroatoms. The number of nitrogens with two attached hydrogens (primary N) is 1. The summed E-state index contributed by atoms with van der Waals surface area (Å²) in [6.45, 7) is 1.56. The second-order valence-electron chi connectivity index (χ2n) is 7.11. The smallest absolute Gasteiger partial charge is 0.255 e. The second kappa shape index (κ2) is 9.02. The normalized spacial score (nSPS) is 16.2. The molecule has 31 heavy (non-hydrogen) atoms. The van der Waals surface area contributed by atoms with Crippen molar-refractivity contribution >= 4 is 17.5 Å². The van der Waals surface area contributed by atoms with E-state index in [2.05, 4.69) is 15.3 Å². The first kappa shape index (κ1) is 20.6. The van der Waals surface area contributed by atoms with Crippen LogP contribution in [0.15, 0.2) is 53.7 Å². The van der Waals surface area contributed by atoms with E-state index in [1.54, 1.807) is 19.3 Å². The van der Waals surface area contributed by atoms with Gasteiger partial charge in [-0.3, -0.25) is 14.2 Å². The predicted octanol–water partition coefficient (Wildman–Crippen LogP) is 0.712. The Bertz CT molecular complexity index is 1120. The van der Waals surface area contributed by atoms with Crippen LogP contribution < -0.4 is 21.5 Å². The second-order valence-corrected chi connectivity index (χ2v) is 7.11. The molecule has 0 radical (unpaired) electrons. The number of amides is 1. The largest absolute Gasteiger partial charge is 0.370 e. The fraction of sp³-hybridized carbons (Fsp3) is 0.286. The van der Waals surface area contributed by atoms with E-state index in [-0.39, 0.29) is 24.1 Å². The number of aromatic nitrogens is 4. The maximum atomic E-state index is 12.6. The minimum absolute atomic E-state index is 0.0672. The molecule has 0 saturated carbocycles. The van der Waals surface area contributed by atoms with E-state index in [9.17, 15) is 9.59 Å². The van der Waals surface area contributed by atoms with Gasteiger partial charge in [0.05, 0.1) is 31.1 Å². The minimum Gasteiger partial charge on any atom is -0.370 e. The topological polar surface area (TPSA) is 128 Å². The Morgan fingerprint density at radius 1 is 1.26 bits per heavy atom. The molecule has 0 aliphatic carbocycles. The van der Waals surface area contributed by atoms with Crippen LogP contribution in [0.4, 0.5) is 11.6 Å². The Balaban J connectivity index is 1.57. The summed E-state index contributed by atoms with van der Waals surface area (Å²) < 4.78 is 7.48. The molecule has 1 aliphatic rings. The highest BCUT2D eigenvalue weighted by Gasteiger charge is 2.25. The number of hydrogen-bond acceptors (Lipinski definition) is 8. The van der Waals surface area contributed by atoms with Crippen molar-refractivity contribution in [3.05, 3.63) is 64.8 Å². The Morgan fingerprint density at radius 2 is 2.06 bits per heavy atom. The summed E-state index contributed by atoms with van der Waals surface area (Å²) in [7, 11) is 1.70. The molecule has 1 aromatic carbocycles. The summed E-state index contributed by atoms with van der Waals surface area (Å²) in [6.07, 6.45) is 2.84. The fourth-order valence-corrected chi connectivity index (χ4v) is 3.41. The summed E-state index contributed by atoms with van der Waals surface area (Å²) in [5.41, 5.74) is 7.90. The number of benzene rings is 1. The van der Waals surface area contributed by atoms with Gasteiger partial charge in [-0.2, -0.15) is 0 Å². The molecular weight excluding hydrogens is 398 g/mol. The predicted molar refractivity (Wildman–Crippen MR) is 116 cm³/mol. The van der Waals surface area contributed by atoms with Gasteiger partial charge in [-0.25, -0.2) is 15.0 Å². The molecule has 3 heterocycles. The van der Waals surface area contributed by atoms with Crippen LogP contribution >= 0.6 is 0 Å². The number of nitrogens with zero attached hydrogens (tertiary/aromatic N) is 5. The monoisotopic (exact) mass is 421 g/mol. The third-order valence-corrected chi connectivity index (χ3v) is 5.06. The lowest BCUT2D eigenvalue weighted by Gasteiger charge is -2.34. The summed E-state index contributed by atoms with van der Waals surface area (Å²) in [6, 6.07) is 10.6. The number of carbonyl (C=O) groups excluding carboxylic acids is 1. The molecule has 3 N–H and O–H groups in total. The van der Waals surface area contributed by atoms with Crippen LogP contribution in [0.25, 0.3) is 11.4 Å². The van der Waals surface area contributed by atoms with Gasteiger partial charge in [0.15, 0.2) is 0 Å². The molecule has 0 spiro atoms. The van der Waals surface area contributed by atoms with Crippen molar-refractivity contribution in [2.75, 3.05) is 36.5 Å². The van der Waals surface area contributed by atoms with E-state index in [4.69, 9.17) is 15.5 Å². The number of morpholine rings is 1. The third-order valence-electron chi connectivity index (χ3n) is 5.06. The van der Waals surface area contributed by atoms with Crippen LogP contribution in [0.5, 0.6) is 0 Å². The van der Waals surface area contributed by atoms with Crippen LogP contribution in [0.2, 0.25) is 0 Å². The van der Waals surface area contributed by atoms with Gasteiger partial charge in [0.25, 0.3) is 5.56 Å². The van der Waals surface area contributed by atoms with E-state index < -0.39 is 0 Å². The number of hydrogen-bond donors (Lipinski definition) is 2. The molecule has 1 amide bonds. The lowest BCUT2D eigenvalue weighted by atomic mass is 10.1. The van der Waals surface area contributed by atoms with Crippen molar-refractivity contribution in [1.82, 2.24) is 19.5 Å². The number of anilines is 2. The number of carbonyl (C=O) groups is 1. The zero-order chi connectivity index (χ0) is 21.8. The quantitative estimate of drug-likeness (QED) is 0.616. The zero-order valence-corrected chi connectivity index (χ0v) is 17.1. The van der Waals surface area contributed by atoms with E-state index in [1.165, 1.54) is 17.0 Å². The Kier molecular flexibility index (Phi) is 6.01. The van der Waals surface area contributed by atoms with Crippen molar-refractivity contribution in [2.45, 2.75) is 6.10 Å². The van der Waals surface area contributed by atoms with Crippen molar-refractivity contribution in [1.29, 1.82) is 0 Å². The molecule has 1 aliphatic heterocycles. The molecule has 160 valence electrons. The first-order valence-electron chi connectivity index (χ1n) is 9.86. The van der Waals surface area contributed by atoms with E-state index >= 15 is 0 Å². The number of ether oxygens (including phenoxy) is 1. The van der Waals surface area contributed by atoms with Gasteiger partial charge in [-0.1, -0.05) is 12.1 Å². The third kappa shape index (κ3) is 4.60. The van der Waals surface area contributed by atoms with Crippen LogP contribution in [-0.2, 0) is 16.6 Å². The molecule has 1 fully saturated rings. The van der Waals surface area contributed by atoms with Crippen LogP contribution in [0.3, 0.4) is 0 Å². The SMILES string of the molecule is Cn1c(N2CCO[C@@H](c3ccc(NC(=O)CN)cc3)C2)nc(-c2ccncn2)cc1=O. The summed E-state index contributed by atoms with van der Waals surface area (Å²) >= 11 is 0. The van der Waals surface area contributed by atoms with Gasteiger partial charge in [0.1, 0.15) is 12.4 Å². The summed E-state index contributed by atoms with van der Waals surface area (Å²) in [5, 5.41) is 2.72. The molecule has 1 saturated heterocycles. The van der Waals surface area contributed by atoms with Crippen molar-refractivity contribution < 1.29 is 9.53 Å². The van der Waals surface area contributed by atoms with E-state index in [1.807, 2.05) is 29.2 Å². The highest BCUT2D eigenvalue weighted by Crippen LogP contribution is 2.26. The van der Waals surface area contributed by atoms with Gasteiger partial charge in [-0.15, -0.1) is 0 Å². The highest BCUT2D eigenvalue weighted by atomic mass is 16.5. The van der Waals surface area contributed by atoms with Gasteiger partial charge < -0.3 is 20.7 Å². The van der Waals surface area contributed by atoms with Gasteiger partial charge >= 0.3 is 0 Å². The molecule has 10 nitrogen and oxygen atoms in total. The first-order chi connectivity index (χ1) is 15.0. The van der Waals surface area contributed by atoms with Crippen LogP contribution in [0.1, 0.15) is 11.7 Å². The summed E-state index contributed by atoms with van der Waals surface area (Å²) in [5.74, 6) is 0.310. The van der Waals surface area contributed by atoms with Gasteiger partial charge in [-0.05, 0) is 23.8 Å². The lowest BCUT2D eigenvalue weighted by Crippen LogP contribution is -2.41. The zero-order valence-electron chi connectivity index (χ0n) is 17.1. The molecule has 0 bridgehead atoms. The fourth-order valence-electron chi connectivity index (χ4n) is 3.41. The highest BCUT2D eigenvalue weighted by molar-refractivity contribution is 5.92. The molecule has 2 aromatic heterocycles. The van der Waals surface area contributed by atoms with Crippen LogP contribution in [-0.4, -0.2) is 51.7 Å². The van der Waals surface area contributed by atoms with Crippen molar-refractivity contribution in [3.63, 3.8) is 0 Å². The van der Waals surface area contributed by atoms with E-state index in [0.29, 0.717) is 42.7 Å². The van der Waals surface area contributed by atoms with Gasteiger partial charge in [0.2, 0.25) is 11.9 Å². The number of nitrogens with one attached hydrogen (secondary N) is 1.